The summed E-state index contributed by atoms with van der Waals surface area (Å²) in [4.78, 5) is 37.6. The molecule has 1 N–H and O–H groups in total. The van der Waals surface area contributed by atoms with Crippen molar-refractivity contribution >= 4 is 29.0 Å². The molecule has 0 fully saturated rings. The first-order valence-electron chi connectivity index (χ1n) is 8.47. The van der Waals surface area contributed by atoms with Crippen molar-refractivity contribution in [1.82, 2.24) is 5.32 Å². The van der Waals surface area contributed by atoms with Crippen molar-refractivity contribution in [3.05, 3.63) is 57.3 Å². The van der Waals surface area contributed by atoms with Gasteiger partial charge >= 0.3 is 5.97 Å². The molecule has 0 aliphatic carbocycles. The zero-order valence-electron chi connectivity index (χ0n) is 15.2. The van der Waals surface area contributed by atoms with Crippen molar-refractivity contribution in [2.75, 3.05) is 0 Å². The predicted octanol–water partition coefficient (Wildman–Crippen LogP) is 3.58. The number of ether oxygens (including phenoxy) is 1. The van der Waals surface area contributed by atoms with E-state index < -0.39 is 12.1 Å². The summed E-state index contributed by atoms with van der Waals surface area (Å²) in [5.74, 6) is -1.000. The van der Waals surface area contributed by atoms with Crippen molar-refractivity contribution in [3.8, 4) is 0 Å². The number of ketones is 1. The van der Waals surface area contributed by atoms with Gasteiger partial charge in [-0.3, -0.25) is 14.4 Å². The Balaban J connectivity index is 1.72. The van der Waals surface area contributed by atoms with Crippen molar-refractivity contribution in [1.29, 1.82) is 0 Å². The number of esters is 1. The summed E-state index contributed by atoms with van der Waals surface area (Å²) in [6.45, 7) is 5.81. The second kappa shape index (κ2) is 9.29. The van der Waals surface area contributed by atoms with E-state index in [1.54, 1.807) is 6.07 Å². The van der Waals surface area contributed by atoms with Gasteiger partial charge in [-0.05, 0) is 38.5 Å². The Morgan fingerprint density at radius 1 is 1.04 bits per heavy atom. The number of carbonyl (C=O) groups excluding carboxylic acids is 3. The second-order valence-corrected chi connectivity index (χ2v) is 7.46. The zero-order chi connectivity index (χ0) is 19.1. The van der Waals surface area contributed by atoms with E-state index in [1.165, 1.54) is 18.3 Å². The van der Waals surface area contributed by atoms with Gasteiger partial charge in [0.05, 0.1) is 11.3 Å². The molecule has 0 bridgehead atoms. The number of hydrogen-bond donors (Lipinski definition) is 1. The van der Waals surface area contributed by atoms with Gasteiger partial charge < -0.3 is 10.1 Å². The Morgan fingerprint density at radius 3 is 2.35 bits per heavy atom. The summed E-state index contributed by atoms with van der Waals surface area (Å²) in [5.41, 5.74) is 2.12. The lowest BCUT2D eigenvalue weighted by Crippen LogP contribution is -2.35. The van der Waals surface area contributed by atoms with Gasteiger partial charge in [-0.1, -0.05) is 29.8 Å². The predicted molar refractivity (Wildman–Crippen MR) is 101 cm³/mol. The molecule has 1 amide bonds. The quantitative estimate of drug-likeness (QED) is 0.567. The number of nitrogens with one attached hydrogen (secondary N) is 1. The number of thiophene rings is 1. The number of Topliss-reactive ketones (excluding diaryl/α,β-unsaturated/α-hetero) is 1. The van der Waals surface area contributed by atoms with Crippen molar-refractivity contribution < 1.29 is 19.1 Å². The van der Waals surface area contributed by atoms with Gasteiger partial charge in [0.15, 0.2) is 11.9 Å². The highest BCUT2D eigenvalue weighted by molar-refractivity contribution is 7.14. The molecule has 1 aromatic carbocycles. The van der Waals surface area contributed by atoms with Crippen molar-refractivity contribution in [3.63, 3.8) is 0 Å². The molecule has 0 spiro atoms. The molecule has 0 radical (unpaired) electrons. The number of hydrogen-bond acceptors (Lipinski definition) is 5. The maximum absolute atomic E-state index is 12.0. The molecule has 0 unspecified atom stereocenters. The van der Waals surface area contributed by atoms with Gasteiger partial charge in [0.2, 0.25) is 0 Å². The maximum Gasteiger partial charge on any atom is 0.307 e. The SMILES string of the molecule is Cc1ccc(CNC(=O)[C@H](C)OC(=O)CCC(=O)c2ccc(C)s2)cc1. The minimum atomic E-state index is -0.896. The summed E-state index contributed by atoms with van der Waals surface area (Å²) in [7, 11) is 0. The minimum Gasteiger partial charge on any atom is -0.453 e. The summed E-state index contributed by atoms with van der Waals surface area (Å²) in [6, 6.07) is 11.4. The van der Waals surface area contributed by atoms with E-state index >= 15 is 0 Å². The number of carbonyl (C=O) groups is 3. The van der Waals surface area contributed by atoms with E-state index in [-0.39, 0.29) is 24.5 Å². The fourth-order valence-corrected chi connectivity index (χ4v) is 3.11. The minimum absolute atomic E-state index is 0.0363. The number of rotatable bonds is 8. The topological polar surface area (TPSA) is 72.5 Å². The van der Waals surface area contributed by atoms with Crippen molar-refractivity contribution in [2.24, 2.45) is 0 Å². The summed E-state index contributed by atoms with van der Waals surface area (Å²) < 4.78 is 5.11. The van der Waals surface area contributed by atoms with Crippen LogP contribution in [-0.4, -0.2) is 23.8 Å². The Morgan fingerprint density at radius 2 is 1.73 bits per heavy atom. The van der Waals surface area contributed by atoms with Gasteiger partial charge in [0, 0.05) is 17.8 Å². The summed E-state index contributed by atoms with van der Waals surface area (Å²) in [6.07, 6.45) is -0.853. The number of benzene rings is 1. The van der Waals surface area contributed by atoms with Crippen LogP contribution in [0.15, 0.2) is 36.4 Å². The van der Waals surface area contributed by atoms with Gasteiger partial charge in [-0.2, -0.15) is 0 Å². The van der Waals surface area contributed by atoms with Crippen LogP contribution in [0.3, 0.4) is 0 Å². The van der Waals surface area contributed by atoms with Gasteiger partial charge in [0.25, 0.3) is 5.91 Å². The third-order valence-electron chi connectivity index (χ3n) is 3.84. The number of aryl methyl sites for hydroxylation is 2. The lowest BCUT2D eigenvalue weighted by atomic mass is 10.1. The maximum atomic E-state index is 12.0. The molecular weight excluding hydrogens is 350 g/mol. The van der Waals surface area contributed by atoms with Gasteiger partial charge in [-0.25, -0.2) is 0 Å². The molecular formula is C20H23NO4S. The first-order valence-corrected chi connectivity index (χ1v) is 9.29. The Hall–Kier alpha value is -2.47. The van der Waals surface area contributed by atoms with Gasteiger partial charge in [-0.15, -0.1) is 11.3 Å². The van der Waals surface area contributed by atoms with Crippen LogP contribution in [0.1, 0.15) is 45.4 Å². The smallest absolute Gasteiger partial charge is 0.307 e. The fourth-order valence-electron chi connectivity index (χ4n) is 2.27. The van der Waals surface area contributed by atoms with E-state index in [4.69, 9.17) is 4.74 Å². The Kier molecular flexibility index (Phi) is 7.09. The lowest BCUT2D eigenvalue weighted by molar-refractivity contribution is -0.154. The normalized spacial score (nSPS) is 11.7. The molecule has 1 atom stereocenters. The Bertz CT molecular complexity index is 779. The third-order valence-corrected chi connectivity index (χ3v) is 4.88. The van der Waals surface area contributed by atoms with Crippen LogP contribution in [0.2, 0.25) is 0 Å². The second-order valence-electron chi connectivity index (χ2n) is 6.17. The monoisotopic (exact) mass is 373 g/mol. The average Bonchev–Trinajstić information content (AvgIpc) is 3.05. The summed E-state index contributed by atoms with van der Waals surface area (Å²) >= 11 is 1.41. The Labute approximate surface area is 157 Å². The van der Waals surface area contributed by atoms with E-state index in [9.17, 15) is 14.4 Å². The van der Waals surface area contributed by atoms with Crippen LogP contribution >= 0.6 is 11.3 Å². The first-order chi connectivity index (χ1) is 12.3. The highest BCUT2D eigenvalue weighted by atomic mass is 32.1. The van der Waals surface area contributed by atoms with E-state index in [0.717, 1.165) is 16.0 Å². The van der Waals surface area contributed by atoms with E-state index in [1.807, 2.05) is 44.2 Å². The highest BCUT2D eigenvalue weighted by Crippen LogP contribution is 2.17. The molecule has 6 heteroatoms. The van der Waals surface area contributed by atoms with E-state index in [2.05, 4.69) is 5.32 Å². The molecule has 138 valence electrons. The van der Waals surface area contributed by atoms with E-state index in [0.29, 0.717) is 11.4 Å². The molecule has 1 aromatic heterocycles. The molecule has 0 aliphatic heterocycles. The lowest BCUT2D eigenvalue weighted by Gasteiger charge is -2.13. The fraction of sp³-hybridized carbons (Fsp3) is 0.350. The van der Waals surface area contributed by atoms with Crippen LogP contribution in [0.5, 0.6) is 0 Å². The molecule has 0 saturated heterocycles. The average molecular weight is 373 g/mol. The molecule has 2 rings (SSSR count). The molecule has 0 saturated carbocycles. The number of amides is 1. The van der Waals surface area contributed by atoms with Crippen molar-refractivity contribution in [2.45, 2.75) is 46.3 Å². The molecule has 0 aliphatic rings. The third kappa shape index (κ3) is 6.11. The molecule has 26 heavy (non-hydrogen) atoms. The largest absolute Gasteiger partial charge is 0.453 e. The van der Waals surface area contributed by atoms with Gasteiger partial charge in [0.1, 0.15) is 0 Å². The summed E-state index contributed by atoms with van der Waals surface area (Å²) in [5, 5.41) is 2.74. The molecule has 2 aromatic rings. The standard InChI is InChI=1S/C20H23NO4S/c1-13-4-7-16(8-5-13)12-21-20(24)15(3)25-19(23)11-9-17(22)18-10-6-14(2)26-18/h4-8,10,15H,9,11-12H2,1-3H3,(H,21,24)/t15-/m0/s1. The van der Waals surface area contributed by atoms with Crippen LogP contribution < -0.4 is 5.32 Å². The molecule has 1 heterocycles. The van der Waals surface area contributed by atoms with Crippen LogP contribution in [-0.2, 0) is 20.9 Å². The van der Waals surface area contributed by atoms with Crippen LogP contribution in [0.4, 0.5) is 0 Å². The van der Waals surface area contributed by atoms with Crippen LogP contribution in [0.25, 0.3) is 0 Å². The highest BCUT2D eigenvalue weighted by Gasteiger charge is 2.18. The van der Waals surface area contributed by atoms with Crippen LogP contribution in [0, 0.1) is 13.8 Å². The molecule has 5 nitrogen and oxygen atoms in total. The zero-order valence-corrected chi connectivity index (χ0v) is 16.0. The first kappa shape index (κ1) is 19.8.